The van der Waals surface area contributed by atoms with E-state index in [4.69, 9.17) is 5.26 Å². The fraction of sp³-hybridized carbons (Fsp3) is 0.167. The van der Waals surface area contributed by atoms with E-state index in [9.17, 15) is 13.2 Å². The third kappa shape index (κ3) is 2.07. The van der Waals surface area contributed by atoms with Crippen molar-refractivity contribution in [3.8, 4) is 17.3 Å². The number of hydrogen-bond acceptors (Lipinski definition) is 2. The highest BCUT2D eigenvalue weighted by atomic mass is 19.4. The number of alkyl halides is 3. The number of aromatic nitrogens is 2. The molecule has 0 atom stereocenters. The molecule has 1 aromatic carbocycles. The third-order valence-corrected chi connectivity index (χ3v) is 2.52. The number of benzene rings is 1. The molecule has 1 heterocycles. The fourth-order valence-electron chi connectivity index (χ4n) is 1.69. The second-order valence-electron chi connectivity index (χ2n) is 3.76. The molecule has 0 aliphatic heterocycles. The average Bonchev–Trinajstić information content (AvgIpc) is 2.71. The number of nitrogens with one attached hydrogen (secondary N) is 1. The fourth-order valence-corrected chi connectivity index (χ4v) is 1.69. The normalized spacial score (nSPS) is 11.3. The molecule has 0 bridgehead atoms. The summed E-state index contributed by atoms with van der Waals surface area (Å²) in [6, 6.07) is 7.72. The Morgan fingerprint density at radius 1 is 1.22 bits per heavy atom. The van der Waals surface area contributed by atoms with Crippen molar-refractivity contribution in [2.24, 2.45) is 0 Å². The summed E-state index contributed by atoms with van der Waals surface area (Å²) in [5, 5.41) is 14.7. The lowest BCUT2D eigenvalue weighted by atomic mass is 10.0. The van der Waals surface area contributed by atoms with Gasteiger partial charge in [0.1, 0.15) is 11.3 Å². The SMILES string of the molecule is Cc1[nH]nc(-c2ccc(C#N)cc2)c1C(F)(F)F. The van der Waals surface area contributed by atoms with Gasteiger partial charge in [-0.25, -0.2) is 0 Å². The number of aromatic amines is 1. The molecule has 0 fully saturated rings. The van der Waals surface area contributed by atoms with Gasteiger partial charge < -0.3 is 0 Å². The van der Waals surface area contributed by atoms with Gasteiger partial charge in [0.05, 0.1) is 11.6 Å². The van der Waals surface area contributed by atoms with Crippen molar-refractivity contribution in [1.82, 2.24) is 10.2 Å². The number of halogens is 3. The first kappa shape index (κ1) is 12.2. The maximum atomic E-state index is 12.9. The molecule has 0 aliphatic rings. The molecule has 2 rings (SSSR count). The van der Waals surface area contributed by atoms with Gasteiger partial charge in [0.2, 0.25) is 0 Å². The molecule has 18 heavy (non-hydrogen) atoms. The molecule has 6 heteroatoms. The van der Waals surface area contributed by atoms with Gasteiger partial charge in [0.15, 0.2) is 0 Å². The number of H-pyrrole nitrogens is 1. The molecular formula is C12H8F3N3. The van der Waals surface area contributed by atoms with Gasteiger partial charge in [0, 0.05) is 11.3 Å². The van der Waals surface area contributed by atoms with E-state index >= 15 is 0 Å². The minimum absolute atomic E-state index is 0.0261. The maximum Gasteiger partial charge on any atom is 0.420 e. The van der Waals surface area contributed by atoms with Gasteiger partial charge in [0.25, 0.3) is 0 Å². The molecule has 0 radical (unpaired) electrons. The molecule has 0 saturated carbocycles. The summed E-state index contributed by atoms with van der Waals surface area (Å²) in [4.78, 5) is 0. The van der Waals surface area contributed by atoms with Gasteiger partial charge >= 0.3 is 6.18 Å². The number of nitriles is 1. The van der Waals surface area contributed by atoms with Crippen LogP contribution in [-0.2, 0) is 6.18 Å². The summed E-state index contributed by atoms with van der Waals surface area (Å²) in [5.41, 5.74) is -0.233. The van der Waals surface area contributed by atoms with Crippen LogP contribution in [0, 0.1) is 18.3 Å². The highest BCUT2D eigenvalue weighted by Crippen LogP contribution is 2.37. The lowest BCUT2D eigenvalue weighted by Gasteiger charge is -2.08. The minimum atomic E-state index is -4.46. The van der Waals surface area contributed by atoms with E-state index in [1.54, 1.807) is 0 Å². The van der Waals surface area contributed by atoms with Crippen molar-refractivity contribution < 1.29 is 13.2 Å². The molecule has 0 spiro atoms. The van der Waals surface area contributed by atoms with Crippen LogP contribution in [0.3, 0.4) is 0 Å². The second-order valence-corrected chi connectivity index (χ2v) is 3.76. The summed E-state index contributed by atoms with van der Waals surface area (Å²) in [5.74, 6) is 0. The van der Waals surface area contributed by atoms with E-state index in [-0.39, 0.29) is 11.4 Å². The van der Waals surface area contributed by atoms with Gasteiger partial charge in [-0.1, -0.05) is 12.1 Å². The predicted molar refractivity (Wildman–Crippen MR) is 58.5 cm³/mol. The number of nitrogens with zero attached hydrogens (tertiary/aromatic N) is 2. The van der Waals surface area contributed by atoms with Gasteiger partial charge in [-0.05, 0) is 19.1 Å². The predicted octanol–water partition coefficient (Wildman–Crippen LogP) is 3.28. The molecular weight excluding hydrogens is 243 g/mol. The Bertz CT molecular complexity index is 603. The smallest absolute Gasteiger partial charge is 0.282 e. The van der Waals surface area contributed by atoms with E-state index in [0.717, 1.165) is 0 Å². The summed E-state index contributed by atoms with van der Waals surface area (Å²) < 4.78 is 38.6. The van der Waals surface area contributed by atoms with E-state index in [2.05, 4.69) is 10.2 Å². The molecule has 1 N–H and O–H groups in total. The van der Waals surface area contributed by atoms with Gasteiger partial charge in [-0.2, -0.15) is 23.5 Å². The minimum Gasteiger partial charge on any atom is -0.282 e. The topological polar surface area (TPSA) is 52.5 Å². The van der Waals surface area contributed by atoms with Crippen LogP contribution in [0.2, 0.25) is 0 Å². The van der Waals surface area contributed by atoms with Crippen molar-refractivity contribution in [2.75, 3.05) is 0 Å². The molecule has 2 aromatic rings. The number of rotatable bonds is 1. The monoisotopic (exact) mass is 251 g/mol. The van der Waals surface area contributed by atoms with Crippen molar-refractivity contribution in [2.45, 2.75) is 13.1 Å². The lowest BCUT2D eigenvalue weighted by Crippen LogP contribution is -2.07. The first-order chi connectivity index (χ1) is 8.43. The zero-order valence-corrected chi connectivity index (χ0v) is 9.34. The van der Waals surface area contributed by atoms with Crippen LogP contribution in [0.5, 0.6) is 0 Å². The number of aryl methyl sites for hydroxylation is 1. The Balaban J connectivity index is 2.55. The summed E-state index contributed by atoms with van der Waals surface area (Å²) in [6.07, 6.45) is -4.46. The summed E-state index contributed by atoms with van der Waals surface area (Å²) in [6.45, 7) is 1.32. The zero-order valence-electron chi connectivity index (χ0n) is 9.34. The Labute approximate surface area is 101 Å². The molecule has 3 nitrogen and oxygen atoms in total. The average molecular weight is 251 g/mol. The van der Waals surface area contributed by atoms with Gasteiger partial charge in [-0.15, -0.1) is 0 Å². The van der Waals surface area contributed by atoms with E-state index in [0.29, 0.717) is 11.1 Å². The van der Waals surface area contributed by atoms with Crippen LogP contribution in [0.25, 0.3) is 11.3 Å². The number of hydrogen-bond donors (Lipinski definition) is 1. The van der Waals surface area contributed by atoms with Crippen LogP contribution < -0.4 is 0 Å². The van der Waals surface area contributed by atoms with Crippen molar-refractivity contribution in [3.05, 3.63) is 41.1 Å². The van der Waals surface area contributed by atoms with Crippen LogP contribution in [-0.4, -0.2) is 10.2 Å². The first-order valence-electron chi connectivity index (χ1n) is 5.06. The standard InChI is InChI=1S/C12H8F3N3/c1-7-10(12(13,14)15)11(18-17-7)9-4-2-8(6-16)3-5-9/h2-5H,1H3,(H,17,18). The van der Waals surface area contributed by atoms with Crippen molar-refractivity contribution in [1.29, 1.82) is 5.26 Å². The highest BCUT2D eigenvalue weighted by molar-refractivity contribution is 5.65. The maximum absolute atomic E-state index is 12.9. The van der Waals surface area contributed by atoms with Crippen LogP contribution in [0.15, 0.2) is 24.3 Å². The quantitative estimate of drug-likeness (QED) is 0.845. The Kier molecular flexibility index (Phi) is 2.83. The highest BCUT2D eigenvalue weighted by Gasteiger charge is 2.37. The van der Waals surface area contributed by atoms with E-state index < -0.39 is 11.7 Å². The molecule has 92 valence electrons. The van der Waals surface area contributed by atoms with Gasteiger partial charge in [-0.3, -0.25) is 5.10 Å². The van der Waals surface area contributed by atoms with Crippen molar-refractivity contribution >= 4 is 0 Å². The van der Waals surface area contributed by atoms with Crippen LogP contribution in [0.4, 0.5) is 13.2 Å². The molecule has 0 unspecified atom stereocenters. The molecule has 0 saturated heterocycles. The largest absolute Gasteiger partial charge is 0.420 e. The molecule has 0 amide bonds. The summed E-state index contributed by atoms with van der Waals surface area (Å²) in [7, 11) is 0. The van der Waals surface area contributed by atoms with Crippen molar-refractivity contribution in [3.63, 3.8) is 0 Å². The molecule has 0 aliphatic carbocycles. The zero-order chi connectivity index (χ0) is 13.3. The first-order valence-corrected chi connectivity index (χ1v) is 5.06. The van der Waals surface area contributed by atoms with Crippen LogP contribution in [0.1, 0.15) is 16.8 Å². The van der Waals surface area contributed by atoms with E-state index in [1.165, 1.54) is 31.2 Å². The van der Waals surface area contributed by atoms with Crippen LogP contribution >= 0.6 is 0 Å². The second kappa shape index (κ2) is 4.18. The lowest BCUT2D eigenvalue weighted by molar-refractivity contribution is -0.137. The molecule has 1 aromatic heterocycles. The van der Waals surface area contributed by atoms with E-state index in [1.807, 2.05) is 6.07 Å². The Hall–Kier alpha value is -2.29. The summed E-state index contributed by atoms with van der Waals surface area (Å²) >= 11 is 0. The third-order valence-electron chi connectivity index (χ3n) is 2.52. The Morgan fingerprint density at radius 3 is 2.33 bits per heavy atom. The Morgan fingerprint density at radius 2 is 1.83 bits per heavy atom.